The molecule has 0 bridgehead atoms. The van der Waals surface area contributed by atoms with Crippen LogP contribution in [0, 0.1) is 17.6 Å². The zero-order valence-electron chi connectivity index (χ0n) is 25.5. The summed E-state index contributed by atoms with van der Waals surface area (Å²) >= 11 is 6.43. The van der Waals surface area contributed by atoms with Gasteiger partial charge in [0.05, 0.1) is 26.5 Å². The second-order valence-electron chi connectivity index (χ2n) is 11.4. The summed E-state index contributed by atoms with van der Waals surface area (Å²) in [7, 11) is 1.48. The van der Waals surface area contributed by atoms with Gasteiger partial charge in [-0.3, -0.25) is 0 Å². The van der Waals surface area contributed by atoms with Gasteiger partial charge in [0.1, 0.15) is 33.8 Å². The van der Waals surface area contributed by atoms with E-state index in [4.69, 9.17) is 25.8 Å². The minimum absolute atomic E-state index is 0.0162. The molecule has 1 aromatic heterocycles. The predicted octanol–water partition coefficient (Wildman–Crippen LogP) is 5.64. The molecule has 244 valence electrons. The zero-order valence-corrected chi connectivity index (χ0v) is 27.1. The Hall–Kier alpha value is -3.26. The quantitative estimate of drug-likeness (QED) is 0.192. The molecule has 2 saturated heterocycles. The first kappa shape index (κ1) is 33.1. The van der Waals surface area contributed by atoms with Crippen molar-refractivity contribution in [3.05, 3.63) is 70.6 Å². The summed E-state index contributed by atoms with van der Waals surface area (Å²) in [5.74, 6) is -3.52. The lowest BCUT2D eigenvalue weighted by Gasteiger charge is -2.53. The van der Waals surface area contributed by atoms with Crippen LogP contribution in [0.4, 0.5) is 24.7 Å². The number of hydrogen-bond acceptors (Lipinski definition) is 8. The number of rotatable bonds is 11. The summed E-state index contributed by atoms with van der Waals surface area (Å²) in [5, 5.41) is -0.552. The Morgan fingerprint density at radius 1 is 1.07 bits per heavy atom. The van der Waals surface area contributed by atoms with E-state index in [0.29, 0.717) is 34.7 Å². The average molecular weight is 669 g/mol. The van der Waals surface area contributed by atoms with Crippen molar-refractivity contribution in [3.63, 3.8) is 0 Å². The van der Waals surface area contributed by atoms with Crippen LogP contribution in [0.3, 0.4) is 0 Å². The lowest BCUT2D eigenvalue weighted by atomic mass is 9.83. The third kappa shape index (κ3) is 6.53. The Labute approximate surface area is 266 Å². The largest absolute Gasteiger partial charge is 0.497 e. The molecule has 0 amide bonds. The smallest absolute Gasteiger partial charge is 0.271 e. The van der Waals surface area contributed by atoms with Crippen LogP contribution in [0.1, 0.15) is 31.2 Å². The van der Waals surface area contributed by atoms with Crippen LogP contribution in [0.25, 0.3) is 0 Å². The van der Waals surface area contributed by atoms with E-state index in [9.17, 15) is 12.8 Å². The maximum atomic E-state index is 16.0. The molecule has 2 aliphatic rings. The van der Waals surface area contributed by atoms with E-state index in [1.54, 1.807) is 18.1 Å². The fraction of sp³-hybridized carbons (Fsp3) is 0.452. The molecule has 9 nitrogen and oxygen atoms in total. The molecule has 0 radical (unpaired) electrons. The van der Waals surface area contributed by atoms with Crippen molar-refractivity contribution in [2.45, 2.75) is 48.8 Å². The molecule has 2 aliphatic heterocycles. The van der Waals surface area contributed by atoms with E-state index in [2.05, 4.69) is 16.9 Å². The molecule has 2 fully saturated rings. The highest BCUT2D eigenvalue weighted by atomic mass is 35.5. The molecule has 0 spiro atoms. The normalized spacial score (nSPS) is 18.4. The van der Waals surface area contributed by atoms with E-state index in [0.717, 1.165) is 44.4 Å². The molecule has 0 saturated carbocycles. The fourth-order valence-electron chi connectivity index (χ4n) is 6.10. The Bertz CT molecular complexity index is 1660. The summed E-state index contributed by atoms with van der Waals surface area (Å²) in [5.41, 5.74) is -0.215. The van der Waals surface area contributed by atoms with E-state index >= 15 is 8.78 Å². The number of pyridine rings is 1. The van der Waals surface area contributed by atoms with Crippen molar-refractivity contribution in [3.8, 4) is 11.5 Å². The number of sulfonamides is 1. The molecule has 14 heteroatoms. The van der Waals surface area contributed by atoms with Crippen molar-refractivity contribution in [1.29, 1.82) is 0 Å². The van der Waals surface area contributed by atoms with Crippen LogP contribution in [0.2, 0.25) is 5.02 Å². The van der Waals surface area contributed by atoms with Crippen LogP contribution >= 0.6 is 11.6 Å². The number of piperidine rings is 1. The fourth-order valence-corrected chi connectivity index (χ4v) is 7.93. The number of ether oxygens (including phenoxy) is 3. The summed E-state index contributed by atoms with van der Waals surface area (Å²) in [6, 6.07) is 9.33. The standard InChI is InChI=1S/C31H36ClF3N4O5S/c1-37-13-6-5-8-21(37)16-31(44-4)18-38(19-31)24-15-23(33)30(29(35)28(24)32)45(40,41)39(27-10-7-9-26(34)36-27)17-20-11-12-22(42-2)14-25(20)43-3/h7,9-12,14-15,21H,5-6,8,13,16-19H2,1-4H3. The topological polar surface area (TPSA) is 84.4 Å². The number of aromatic nitrogens is 1. The van der Waals surface area contributed by atoms with Gasteiger partial charge in [-0.15, -0.1) is 0 Å². The van der Waals surface area contributed by atoms with Crippen LogP contribution in [-0.2, 0) is 21.3 Å². The monoisotopic (exact) mass is 668 g/mol. The number of benzene rings is 2. The number of methoxy groups -OCH3 is 3. The van der Waals surface area contributed by atoms with E-state index in [1.807, 2.05) is 0 Å². The molecule has 0 N–H and O–H groups in total. The molecule has 3 heterocycles. The van der Waals surface area contributed by atoms with Crippen molar-refractivity contribution < 1.29 is 35.8 Å². The first-order valence-corrected chi connectivity index (χ1v) is 16.3. The Morgan fingerprint density at radius 3 is 2.47 bits per heavy atom. The van der Waals surface area contributed by atoms with Gasteiger partial charge in [-0.2, -0.15) is 4.39 Å². The molecule has 5 rings (SSSR count). The first-order valence-electron chi connectivity index (χ1n) is 14.5. The second-order valence-corrected chi connectivity index (χ2v) is 13.6. The van der Waals surface area contributed by atoms with E-state index in [1.165, 1.54) is 38.5 Å². The molecular formula is C31H36ClF3N4O5S. The van der Waals surface area contributed by atoms with Gasteiger partial charge in [0.2, 0.25) is 5.95 Å². The molecule has 2 aromatic carbocycles. The minimum atomic E-state index is -5.04. The second kappa shape index (κ2) is 13.2. The van der Waals surface area contributed by atoms with Crippen LogP contribution in [-0.4, -0.2) is 78.0 Å². The minimum Gasteiger partial charge on any atom is -0.497 e. The molecule has 0 aliphatic carbocycles. The molecule has 1 unspecified atom stereocenters. The van der Waals surface area contributed by atoms with E-state index < -0.39 is 55.5 Å². The maximum Gasteiger partial charge on any atom is 0.271 e. The van der Waals surface area contributed by atoms with Gasteiger partial charge in [0, 0.05) is 43.9 Å². The van der Waals surface area contributed by atoms with Crippen molar-refractivity contribution in [2.75, 3.05) is 57.2 Å². The first-order chi connectivity index (χ1) is 21.4. The third-order valence-electron chi connectivity index (χ3n) is 8.67. The van der Waals surface area contributed by atoms with Crippen LogP contribution < -0.4 is 18.7 Å². The number of halogens is 4. The number of hydrogen-bond donors (Lipinski definition) is 0. The Balaban J connectivity index is 1.48. The summed E-state index contributed by atoms with van der Waals surface area (Å²) in [4.78, 5) is 6.39. The third-order valence-corrected chi connectivity index (χ3v) is 10.8. The maximum absolute atomic E-state index is 16.0. The number of anilines is 2. The SMILES string of the molecule is COc1ccc(CN(c2cccc(F)n2)S(=O)(=O)c2c(F)cc(N3CC(CC4CCCCN4C)(OC)C3)c(Cl)c2F)c(OC)c1. The highest BCUT2D eigenvalue weighted by Gasteiger charge is 2.47. The van der Waals surface area contributed by atoms with Crippen molar-refractivity contribution in [1.82, 2.24) is 9.88 Å². The van der Waals surface area contributed by atoms with Gasteiger partial charge in [-0.05, 0) is 57.1 Å². The van der Waals surface area contributed by atoms with Crippen molar-refractivity contribution >= 4 is 33.1 Å². The van der Waals surface area contributed by atoms with Crippen LogP contribution in [0.15, 0.2) is 47.4 Å². The van der Waals surface area contributed by atoms with Gasteiger partial charge in [0.25, 0.3) is 10.0 Å². The summed E-state index contributed by atoms with van der Waals surface area (Å²) < 4.78 is 91.2. The van der Waals surface area contributed by atoms with E-state index in [-0.39, 0.29) is 11.4 Å². The summed E-state index contributed by atoms with van der Waals surface area (Å²) in [6.45, 7) is 1.16. The van der Waals surface area contributed by atoms with Gasteiger partial charge >= 0.3 is 0 Å². The Morgan fingerprint density at radius 2 is 1.82 bits per heavy atom. The van der Waals surface area contributed by atoms with Gasteiger partial charge < -0.3 is 24.0 Å². The van der Waals surface area contributed by atoms with Crippen molar-refractivity contribution in [2.24, 2.45) is 0 Å². The molecule has 1 atom stereocenters. The van der Waals surface area contributed by atoms with Crippen LogP contribution in [0.5, 0.6) is 11.5 Å². The molecular weight excluding hydrogens is 633 g/mol. The summed E-state index contributed by atoms with van der Waals surface area (Å²) in [6.07, 6.45) is 4.06. The highest BCUT2D eigenvalue weighted by molar-refractivity contribution is 7.92. The van der Waals surface area contributed by atoms with Gasteiger partial charge in [-0.25, -0.2) is 26.5 Å². The molecule has 3 aromatic rings. The number of nitrogens with zero attached hydrogens (tertiary/aromatic N) is 4. The average Bonchev–Trinajstić information content (AvgIpc) is 3.00. The number of likely N-dealkylation sites (tertiary alicyclic amines) is 1. The zero-order chi connectivity index (χ0) is 32.5. The van der Waals surface area contributed by atoms with Gasteiger partial charge in [-0.1, -0.05) is 24.1 Å². The Kier molecular flexibility index (Phi) is 9.73. The predicted molar refractivity (Wildman–Crippen MR) is 165 cm³/mol. The highest BCUT2D eigenvalue weighted by Crippen LogP contribution is 2.43. The molecule has 45 heavy (non-hydrogen) atoms. The lowest BCUT2D eigenvalue weighted by Crippen LogP contribution is -2.65. The lowest BCUT2D eigenvalue weighted by molar-refractivity contribution is -0.0592. The van der Waals surface area contributed by atoms with Gasteiger partial charge in [0.15, 0.2) is 10.7 Å².